The van der Waals surface area contributed by atoms with Gasteiger partial charge in [0.15, 0.2) is 10.8 Å². The predicted octanol–water partition coefficient (Wildman–Crippen LogP) is 1.27. The highest BCUT2D eigenvalue weighted by Crippen LogP contribution is 2.20. The molecule has 6 nitrogen and oxygen atoms in total. The molecule has 17 heavy (non-hydrogen) atoms. The second-order valence-electron chi connectivity index (χ2n) is 3.23. The molecule has 0 atom stereocenters. The number of rotatable bonds is 3. The highest BCUT2D eigenvalue weighted by molar-refractivity contribution is 7.92. The van der Waals surface area contributed by atoms with E-state index in [2.05, 4.69) is 14.8 Å². The van der Waals surface area contributed by atoms with E-state index in [9.17, 15) is 8.42 Å². The number of hydrogen-bond donors (Lipinski definition) is 1. The molecule has 8 heteroatoms. The number of pyridine rings is 1. The Morgan fingerprint density at radius 1 is 1.35 bits per heavy atom. The molecule has 0 bridgehead atoms. The fourth-order valence-electron chi connectivity index (χ4n) is 1.27. The summed E-state index contributed by atoms with van der Waals surface area (Å²) in [6.07, 6.45) is 2.85. The van der Waals surface area contributed by atoms with E-state index in [1.54, 1.807) is 12.1 Å². The molecule has 2 heterocycles. The van der Waals surface area contributed by atoms with Crippen molar-refractivity contribution in [2.75, 3.05) is 4.72 Å². The summed E-state index contributed by atoms with van der Waals surface area (Å²) in [5.74, 6) is 0.0929. The summed E-state index contributed by atoms with van der Waals surface area (Å²) < 4.78 is 27.5. The van der Waals surface area contributed by atoms with Gasteiger partial charge in [0.05, 0.1) is 11.2 Å². The molecule has 0 fully saturated rings. The second kappa shape index (κ2) is 4.34. The van der Waals surface area contributed by atoms with E-state index >= 15 is 0 Å². The Morgan fingerprint density at radius 2 is 2.12 bits per heavy atom. The molecule has 2 aromatic rings. The zero-order chi connectivity index (χ0) is 12.5. The molecular formula is C9H9ClN4O2S. The van der Waals surface area contributed by atoms with Crippen LogP contribution in [0.4, 0.5) is 5.82 Å². The summed E-state index contributed by atoms with van der Waals surface area (Å²) in [7, 11) is -2.18. The lowest BCUT2D eigenvalue weighted by Crippen LogP contribution is -2.17. The SMILES string of the molecule is Cn1nccc1S(=O)(=O)Nc1ncccc1Cl. The van der Waals surface area contributed by atoms with E-state index in [-0.39, 0.29) is 15.9 Å². The number of aromatic nitrogens is 3. The number of sulfonamides is 1. The molecule has 0 unspecified atom stereocenters. The van der Waals surface area contributed by atoms with Crippen LogP contribution in [0.15, 0.2) is 35.6 Å². The Balaban J connectivity index is 2.37. The van der Waals surface area contributed by atoms with Gasteiger partial charge in [-0.05, 0) is 18.2 Å². The van der Waals surface area contributed by atoms with Crippen molar-refractivity contribution < 1.29 is 8.42 Å². The molecule has 0 spiro atoms. The largest absolute Gasteiger partial charge is 0.280 e. The minimum absolute atomic E-state index is 0.0409. The van der Waals surface area contributed by atoms with Gasteiger partial charge in [0.1, 0.15) is 0 Å². The highest BCUT2D eigenvalue weighted by Gasteiger charge is 2.19. The van der Waals surface area contributed by atoms with Crippen LogP contribution in [0.25, 0.3) is 0 Å². The third-order valence-electron chi connectivity index (χ3n) is 2.04. The number of anilines is 1. The molecule has 90 valence electrons. The standard InChI is InChI=1S/C9H9ClN4O2S/c1-14-8(4-6-12-14)17(15,16)13-9-7(10)3-2-5-11-9/h2-6H,1H3,(H,11,13). The van der Waals surface area contributed by atoms with Crippen LogP contribution >= 0.6 is 11.6 Å². The Hall–Kier alpha value is -1.60. The van der Waals surface area contributed by atoms with Crippen molar-refractivity contribution in [3.05, 3.63) is 35.6 Å². The van der Waals surface area contributed by atoms with Crippen LogP contribution in [-0.2, 0) is 17.1 Å². The second-order valence-corrected chi connectivity index (χ2v) is 5.27. The molecule has 0 saturated heterocycles. The quantitative estimate of drug-likeness (QED) is 0.913. The Bertz CT molecular complexity index is 638. The van der Waals surface area contributed by atoms with E-state index in [0.29, 0.717) is 0 Å². The number of nitrogens with one attached hydrogen (secondary N) is 1. The van der Waals surface area contributed by atoms with Crippen LogP contribution in [0, 0.1) is 0 Å². The number of hydrogen-bond acceptors (Lipinski definition) is 4. The van der Waals surface area contributed by atoms with Crippen LogP contribution in [0.2, 0.25) is 5.02 Å². The van der Waals surface area contributed by atoms with Gasteiger partial charge in [0, 0.05) is 13.2 Å². The molecule has 0 aromatic carbocycles. The molecule has 1 N–H and O–H groups in total. The lowest BCUT2D eigenvalue weighted by atomic mass is 10.5. The fourth-order valence-corrected chi connectivity index (χ4v) is 2.65. The van der Waals surface area contributed by atoms with Gasteiger partial charge in [-0.3, -0.25) is 9.40 Å². The maximum Gasteiger partial charge on any atom is 0.280 e. The molecule has 0 aliphatic rings. The van der Waals surface area contributed by atoms with Crippen molar-refractivity contribution in [3.8, 4) is 0 Å². The van der Waals surface area contributed by atoms with Crippen LogP contribution in [-0.4, -0.2) is 23.2 Å². The Kier molecular flexibility index (Phi) is 3.03. The third-order valence-corrected chi connectivity index (χ3v) is 3.76. The van der Waals surface area contributed by atoms with Crippen molar-refractivity contribution in [3.63, 3.8) is 0 Å². The molecule has 0 saturated carbocycles. The van der Waals surface area contributed by atoms with E-state index in [1.807, 2.05) is 0 Å². The molecule has 0 aliphatic heterocycles. The van der Waals surface area contributed by atoms with Crippen molar-refractivity contribution in [2.45, 2.75) is 5.03 Å². The lowest BCUT2D eigenvalue weighted by Gasteiger charge is -2.08. The maximum absolute atomic E-state index is 12.0. The van der Waals surface area contributed by atoms with Crippen molar-refractivity contribution in [2.24, 2.45) is 7.05 Å². The van der Waals surface area contributed by atoms with Gasteiger partial charge in [-0.15, -0.1) is 0 Å². The number of nitrogens with zero attached hydrogens (tertiary/aromatic N) is 3. The molecule has 0 amide bonds. The summed E-state index contributed by atoms with van der Waals surface area (Å²) in [5.41, 5.74) is 0. The maximum atomic E-state index is 12.0. The molecule has 0 radical (unpaired) electrons. The number of aryl methyl sites for hydroxylation is 1. The van der Waals surface area contributed by atoms with Crippen LogP contribution < -0.4 is 4.72 Å². The monoisotopic (exact) mass is 272 g/mol. The van der Waals surface area contributed by atoms with Crippen LogP contribution in [0.3, 0.4) is 0 Å². The predicted molar refractivity (Wildman–Crippen MR) is 63.3 cm³/mol. The zero-order valence-corrected chi connectivity index (χ0v) is 10.4. The lowest BCUT2D eigenvalue weighted by molar-refractivity contribution is 0.582. The average molecular weight is 273 g/mol. The summed E-state index contributed by atoms with van der Waals surface area (Å²) in [4.78, 5) is 3.85. The third kappa shape index (κ3) is 2.40. The molecule has 2 aromatic heterocycles. The number of halogens is 1. The van der Waals surface area contributed by atoms with E-state index in [0.717, 1.165) is 0 Å². The van der Waals surface area contributed by atoms with Crippen molar-refractivity contribution >= 4 is 27.4 Å². The Morgan fingerprint density at radius 3 is 2.71 bits per heavy atom. The van der Waals surface area contributed by atoms with Gasteiger partial charge in [-0.1, -0.05) is 11.6 Å². The van der Waals surface area contributed by atoms with Crippen molar-refractivity contribution in [1.29, 1.82) is 0 Å². The molecular weight excluding hydrogens is 264 g/mol. The van der Waals surface area contributed by atoms with E-state index in [1.165, 1.54) is 30.2 Å². The van der Waals surface area contributed by atoms with Crippen molar-refractivity contribution in [1.82, 2.24) is 14.8 Å². The van der Waals surface area contributed by atoms with Gasteiger partial charge < -0.3 is 0 Å². The Labute approximate surface area is 103 Å². The van der Waals surface area contributed by atoms with Gasteiger partial charge in [-0.25, -0.2) is 4.98 Å². The average Bonchev–Trinajstić information content (AvgIpc) is 2.68. The first-order valence-corrected chi connectivity index (χ1v) is 6.48. The van der Waals surface area contributed by atoms with E-state index < -0.39 is 10.0 Å². The van der Waals surface area contributed by atoms with Gasteiger partial charge in [0.2, 0.25) is 0 Å². The summed E-state index contributed by atoms with van der Waals surface area (Å²) in [5, 5.41) is 4.07. The minimum Gasteiger partial charge on any atom is -0.261 e. The normalized spacial score (nSPS) is 11.4. The fraction of sp³-hybridized carbons (Fsp3) is 0.111. The topological polar surface area (TPSA) is 76.9 Å². The highest BCUT2D eigenvalue weighted by atomic mass is 35.5. The van der Waals surface area contributed by atoms with Gasteiger partial charge in [-0.2, -0.15) is 13.5 Å². The van der Waals surface area contributed by atoms with Gasteiger partial charge in [0.25, 0.3) is 10.0 Å². The summed E-state index contributed by atoms with van der Waals surface area (Å²) in [6, 6.07) is 4.55. The van der Waals surface area contributed by atoms with Crippen LogP contribution in [0.5, 0.6) is 0 Å². The van der Waals surface area contributed by atoms with Crippen LogP contribution in [0.1, 0.15) is 0 Å². The first kappa shape index (κ1) is 11.9. The van der Waals surface area contributed by atoms with E-state index in [4.69, 9.17) is 11.6 Å². The molecule has 0 aliphatic carbocycles. The first-order chi connectivity index (χ1) is 8.00. The summed E-state index contributed by atoms with van der Waals surface area (Å²) in [6.45, 7) is 0. The smallest absolute Gasteiger partial charge is 0.261 e. The minimum atomic E-state index is -3.72. The zero-order valence-electron chi connectivity index (χ0n) is 8.83. The summed E-state index contributed by atoms with van der Waals surface area (Å²) >= 11 is 5.82. The molecule has 2 rings (SSSR count). The van der Waals surface area contributed by atoms with Gasteiger partial charge >= 0.3 is 0 Å². The first-order valence-electron chi connectivity index (χ1n) is 4.62.